The van der Waals surface area contributed by atoms with Crippen molar-refractivity contribution in [3.63, 3.8) is 0 Å². The van der Waals surface area contributed by atoms with Gasteiger partial charge in [-0.25, -0.2) is 0 Å². The molecular formula is C13H27N. The Bertz CT molecular complexity index is 147. The van der Waals surface area contributed by atoms with Gasteiger partial charge in [0, 0.05) is 12.1 Å². The van der Waals surface area contributed by atoms with Gasteiger partial charge in [-0.2, -0.15) is 0 Å². The zero-order valence-electron chi connectivity index (χ0n) is 10.3. The Morgan fingerprint density at radius 2 is 1.86 bits per heavy atom. The molecule has 14 heavy (non-hydrogen) atoms. The van der Waals surface area contributed by atoms with Gasteiger partial charge in [-0.05, 0) is 38.0 Å². The highest BCUT2D eigenvalue weighted by atomic mass is 15.0. The van der Waals surface area contributed by atoms with E-state index in [2.05, 4.69) is 33.0 Å². The van der Waals surface area contributed by atoms with Gasteiger partial charge in [0.2, 0.25) is 0 Å². The molecule has 1 atom stereocenters. The minimum absolute atomic E-state index is 0.730. The molecule has 1 unspecified atom stereocenters. The zero-order valence-corrected chi connectivity index (χ0v) is 10.3. The molecule has 0 saturated heterocycles. The molecule has 0 radical (unpaired) electrons. The molecule has 1 aliphatic rings. The minimum atomic E-state index is 0.730. The molecule has 0 spiro atoms. The summed E-state index contributed by atoms with van der Waals surface area (Å²) in [5, 5.41) is 3.74. The Morgan fingerprint density at radius 3 is 2.36 bits per heavy atom. The third-order valence-electron chi connectivity index (χ3n) is 3.63. The molecule has 1 rings (SSSR count). The number of hydrogen-bond acceptors (Lipinski definition) is 1. The van der Waals surface area contributed by atoms with Gasteiger partial charge in [0.25, 0.3) is 0 Å². The predicted octanol–water partition coefficient (Wildman–Crippen LogP) is 3.59. The SMILES string of the molecule is CCCCC(C)NC1CC(C(C)C)C1. The molecule has 0 aromatic rings. The topological polar surface area (TPSA) is 12.0 Å². The largest absolute Gasteiger partial charge is 0.311 e. The van der Waals surface area contributed by atoms with E-state index in [4.69, 9.17) is 0 Å². The van der Waals surface area contributed by atoms with Gasteiger partial charge in [-0.1, -0.05) is 33.6 Å². The Labute approximate surface area is 89.7 Å². The van der Waals surface area contributed by atoms with Crippen molar-refractivity contribution >= 4 is 0 Å². The third-order valence-corrected chi connectivity index (χ3v) is 3.63. The summed E-state index contributed by atoms with van der Waals surface area (Å²) in [5.41, 5.74) is 0. The molecule has 1 fully saturated rings. The van der Waals surface area contributed by atoms with Crippen LogP contribution >= 0.6 is 0 Å². The van der Waals surface area contributed by atoms with Gasteiger partial charge in [0.15, 0.2) is 0 Å². The lowest BCUT2D eigenvalue weighted by Crippen LogP contribution is -2.46. The van der Waals surface area contributed by atoms with Crippen molar-refractivity contribution in [2.75, 3.05) is 0 Å². The number of unbranched alkanes of at least 4 members (excludes halogenated alkanes) is 1. The molecule has 0 bridgehead atoms. The second-order valence-electron chi connectivity index (χ2n) is 5.38. The van der Waals surface area contributed by atoms with Crippen molar-refractivity contribution in [2.45, 2.75) is 71.9 Å². The Hall–Kier alpha value is -0.0400. The fraction of sp³-hybridized carbons (Fsp3) is 1.00. The van der Waals surface area contributed by atoms with Crippen LogP contribution in [0.25, 0.3) is 0 Å². The maximum Gasteiger partial charge on any atom is 0.00750 e. The molecule has 0 amide bonds. The molecule has 0 heterocycles. The monoisotopic (exact) mass is 197 g/mol. The van der Waals surface area contributed by atoms with E-state index < -0.39 is 0 Å². The van der Waals surface area contributed by atoms with Crippen LogP contribution in [0.3, 0.4) is 0 Å². The molecule has 1 saturated carbocycles. The van der Waals surface area contributed by atoms with Gasteiger partial charge in [-0.3, -0.25) is 0 Å². The molecule has 1 N–H and O–H groups in total. The van der Waals surface area contributed by atoms with Gasteiger partial charge in [-0.15, -0.1) is 0 Å². The third kappa shape index (κ3) is 3.61. The standard InChI is InChI=1S/C13H27N/c1-5-6-7-11(4)14-13-8-12(9-13)10(2)3/h10-14H,5-9H2,1-4H3. The van der Waals surface area contributed by atoms with Crippen LogP contribution in [0.2, 0.25) is 0 Å². The van der Waals surface area contributed by atoms with Crippen molar-refractivity contribution in [1.82, 2.24) is 5.32 Å². The number of hydrogen-bond donors (Lipinski definition) is 1. The molecule has 0 aliphatic heterocycles. The maximum atomic E-state index is 3.74. The maximum absolute atomic E-state index is 3.74. The lowest BCUT2D eigenvalue weighted by Gasteiger charge is -2.40. The van der Waals surface area contributed by atoms with Crippen molar-refractivity contribution in [1.29, 1.82) is 0 Å². The van der Waals surface area contributed by atoms with Crippen LogP contribution < -0.4 is 5.32 Å². The summed E-state index contributed by atoms with van der Waals surface area (Å²) < 4.78 is 0. The summed E-state index contributed by atoms with van der Waals surface area (Å²) >= 11 is 0. The highest BCUT2D eigenvalue weighted by Crippen LogP contribution is 2.33. The molecule has 1 aliphatic carbocycles. The van der Waals surface area contributed by atoms with E-state index in [0.717, 1.165) is 23.9 Å². The lowest BCUT2D eigenvalue weighted by atomic mass is 9.73. The molecule has 1 heteroatoms. The zero-order chi connectivity index (χ0) is 10.6. The van der Waals surface area contributed by atoms with Crippen molar-refractivity contribution in [2.24, 2.45) is 11.8 Å². The van der Waals surface area contributed by atoms with E-state index >= 15 is 0 Å². The molecule has 1 nitrogen and oxygen atoms in total. The van der Waals surface area contributed by atoms with Crippen LogP contribution in [0.4, 0.5) is 0 Å². The molecule has 0 aromatic heterocycles. The smallest absolute Gasteiger partial charge is 0.00750 e. The van der Waals surface area contributed by atoms with E-state index in [1.54, 1.807) is 0 Å². The molecule has 0 aromatic carbocycles. The second-order valence-corrected chi connectivity index (χ2v) is 5.38. The Kier molecular flexibility index (Phi) is 4.94. The average molecular weight is 197 g/mol. The normalized spacial score (nSPS) is 28.9. The predicted molar refractivity (Wildman–Crippen MR) is 63.5 cm³/mol. The fourth-order valence-corrected chi connectivity index (χ4v) is 2.34. The highest BCUT2D eigenvalue weighted by Gasteiger charge is 2.31. The van der Waals surface area contributed by atoms with Crippen LogP contribution in [0.1, 0.15) is 59.8 Å². The van der Waals surface area contributed by atoms with E-state index in [-0.39, 0.29) is 0 Å². The summed E-state index contributed by atoms with van der Waals surface area (Å²) in [6.07, 6.45) is 6.86. The van der Waals surface area contributed by atoms with E-state index in [1.165, 1.54) is 32.1 Å². The number of nitrogens with one attached hydrogen (secondary N) is 1. The minimum Gasteiger partial charge on any atom is -0.311 e. The molecular weight excluding hydrogens is 170 g/mol. The van der Waals surface area contributed by atoms with Crippen LogP contribution in [-0.4, -0.2) is 12.1 Å². The van der Waals surface area contributed by atoms with E-state index in [9.17, 15) is 0 Å². The van der Waals surface area contributed by atoms with Gasteiger partial charge >= 0.3 is 0 Å². The first-order valence-electron chi connectivity index (χ1n) is 6.39. The summed E-state index contributed by atoms with van der Waals surface area (Å²) in [7, 11) is 0. The van der Waals surface area contributed by atoms with Crippen LogP contribution in [0.15, 0.2) is 0 Å². The second kappa shape index (κ2) is 5.75. The average Bonchev–Trinajstić information content (AvgIpc) is 2.06. The lowest BCUT2D eigenvalue weighted by molar-refractivity contribution is 0.157. The summed E-state index contributed by atoms with van der Waals surface area (Å²) in [4.78, 5) is 0. The fourth-order valence-electron chi connectivity index (χ4n) is 2.34. The van der Waals surface area contributed by atoms with Crippen LogP contribution in [0.5, 0.6) is 0 Å². The first-order valence-corrected chi connectivity index (χ1v) is 6.39. The van der Waals surface area contributed by atoms with E-state index in [0.29, 0.717) is 0 Å². The van der Waals surface area contributed by atoms with E-state index in [1.807, 2.05) is 0 Å². The summed E-state index contributed by atoms with van der Waals surface area (Å²) in [5.74, 6) is 1.88. The van der Waals surface area contributed by atoms with Crippen molar-refractivity contribution in [3.05, 3.63) is 0 Å². The first kappa shape index (κ1) is 12.0. The van der Waals surface area contributed by atoms with Gasteiger partial charge in [0.05, 0.1) is 0 Å². The highest BCUT2D eigenvalue weighted by molar-refractivity contribution is 4.87. The van der Waals surface area contributed by atoms with Gasteiger partial charge < -0.3 is 5.32 Å². The Morgan fingerprint density at radius 1 is 1.21 bits per heavy atom. The quantitative estimate of drug-likeness (QED) is 0.686. The Balaban J connectivity index is 2.04. The van der Waals surface area contributed by atoms with Crippen molar-refractivity contribution in [3.8, 4) is 0 Å². The number of rotatable bonds is 6. The summed E-state index contributed by atoms with van der Waals surface area (Å²) in [6.45, 7) is 9.30. The first-order chi connectivity index (χ1) is 6.63. The summed E-state index contributed by atoms with van der Waals surface area (Å²) in [6, 6.07) is 1.56. The van der Waals surface area contributed by atoms with Crippen LogP contribution in [-0.2, 0) is 0 Å². The van der Waals surface area contributed by atoms with Gasteiger partial charge in [0.1, 0.15) is 0 Å². The van der Waals surface area contributed by atoms with Crippen molar-refractivity contribution < 1.29 is 0 Å². The molecule has 84 valence electrons. The van der Waals surface area contributed by atoms with Crippen LogP contribution in [0, 0.1) is 11.8 Å².